The molecule has 0 amide bonds. The van der Waals surface area contributed by atoms with E-state index in [9.17, 15) is 4.79 Å². The lowest BCUT2D eigenvalue weighted by Gasteiger charge is -2.11. The summed E-state index contributed by atoms with van der Waals surface area (Å²) in [6.45, 7) is 2.52. The van der Waals surface area contributed by atoms with Crippen LogP contribution in [0.4, 0.5) is 0 Å². The van der Waals surface area contributed by atoms with E-state index >= 15 is 0 Å². The molecule has 0 saturated heterocycles. The fraction of sp³-hybridized carbons (Fsp3) is 0.417. The Hall–Kier alpha value is -1.55. The molecule has 16 heavy (non-hydrogen) atoms. The molecule has 1 aromatic carbocycles. The van der Waals surface area contributed by atoms with Crippen molar-refractivity contribution in [2.75, 3.05) is 13.7 Å². The second-order valence-electron chi connectivity index (χ2n) is 3.92. The first-order valence-corrected chi connectivity index (χ1v) is 5.26. The number of esters is 1. The fourth-order valence-corrected chi connectivity index (χ4v) is 1.97. The predicted octanol–water partition coefficient (Wildman–Crippen LogP) is 1.30. The van der Waals surface area contributed by atoms with Crippen LogP contribution in [0.15, 0.2) is 18.2 Å². The van der Waals surface area contributed by atoms with Gasteiger partial charge in [-0.15, -0.1) is 0 Å². The normalized spacial score (nSPS) is 22.4. The molecule has 1 aliphatic heterocycles. The van der Waals surface area contributed by atoms with Crippen molar-refractivity contribution in [3.63, 3.8) is 0 Å². The van der Waals surface area contributed by atoms with E-state index in [4.69, 9.17) is 10.5 Å². The van der Waals surface area contributed by atoms with Crippen LogP contribution in [0.25, 0.3) is 0 Å². The first-order valence-electron chi connectivity index (χ1n) is 5.26. The van der Waals surface area contributed by atoms with Gasteiger partial charge in [-0.25, -0.2) is 4.79 Å². The van der Waals surface area contributed by atoms with Crippen LogP contribution in [0.5, 0.6) is 5.75 Å². The molecule has 0 saturated carbocycles. The van der Waals surface area contributed by atoms with Crippen LogP contribution < -0.4 is 10.5 Å². The molecule has 0 aromatic heterocycles. The molecule has 0 bridgehead atoms. The molecular formula is C12H15NO3. The van der Waals surface area contributed by atoms with Gasteiger partial charge in [0.05, 0.1) is 12.7 Å². The zero-order valence-corrected chi connectivity index (χ0v) is 9.40. The van der Waals surface area contributed by atoms with Crippen molar-refractivity contribution >= 4 is 5.97 Å². The van der Waals surface area contributed by atoms with Gasteiger partial charge in [0.15, 0.2) is 0 Å². The summed E-state index contributed by atoms with van der Waals surface area (Å²) in [7, 11) is 1.37. The van der Waals surface area contributed by atoms with E-state index in [2.05, 4.69) is 4.74 Å². The number of ether oxygens (including phenoxy) is 2. The molecule has 2 rings (SSSR count). The van der Waals surface area contributed by atoms with Crippen LogP contribution in [0.3, 0.4) is 0 Å². The number of rotatable bonds is 2. The molecule has 0 radical (unpaired) electrons. The summed E-state index contributed by atoms with van der Waals surface area (Å²) < 4.78 is 10.3. The summed E-state index contributed by atoms with van der Waals surface area (Å²) in [6.07, 6.45) is 0.00268. The van der Waals surface area contributed by atoms with E-state index in [-0.39, 0.29) is 18.0 Å². The van der Waals surface area contributed by atoms with Crippen molar-refractivity contribution in [1.82, 2.24) is 0 Å². The van der Waals surface area contributed by atoms with Crippen molar-refractivity contribution in [2.24, 2.45) is 5.73 Å². The number of hydrogen-bond donors (Lipinski definition) is 1. The van der Waals surface area contributed by atoms with E-state index in [1.54, 1.807) is 12.1 Å². The minimum Gasteiger partial charge on any atom is -0.488 e. The Morgan fingerprint density at radius 3 is 2.94 bits per heavy atom. The van der Waals surface area contributed by atoms with Crippen LogP contribution in [-0.4, -0.2) is 25.7 Å². The average Bonchev–Trinajstić information content (AvgIpc) is 2.64. The molecule has 2 N–H and O–H groups in total. The van der Waals surface area contributed by atoms with E-state index in [1.807, 2.05) is 13.0 Å². The van der Waals surface area contributed by atoms with Crippen molar-refractivity contribution in [2.45, 2.75) is 18.9 Å². The molecule has 4 nitrogen and oxygen atoms in total. The van der Waals surface area contributed by atoms with E-state index in [1.165, 1.54) is 7.11 Å². The number of benzene rings is 1. The minimum absolute atomic E-state index is 0.00268. The highest BCUT2D eigenvalue weighted by atomic mass is 16.5. The standard InChI is InChI=1S/C12H15NO3/c1-7-9-5-8(12(14)15-2)3-4-10(9)16-11(7)6-13/h3-5,7,11H,6,13H2,1-2H3/t7-,11-/m0/s1. The van der Waals surface area contributed by atoms with Crippen LogP contribution in [0.2, 0.25) is 0 Å². The lowest BCUT2D eigenvalue weighted by atomic mass is 9.96. The van der Waals surface area contributed by atoms with Crippen LogP contribution in [0, 0.1) is 0 Å². The second-order valence-corrected chi connectivity index (χ2v) is 3.92. The Morgan fingerprint density at radius 2 is 2.31 bits per heavy atom. The molecule has 1 heterocycles. The molecular weight excluding hydrogens is 206 g/mol. The lowest BCUT2D eigenvalue weighted by Crippen LogP contribution is -2.26. The van der Waals surface area contributed by atoms with Gasteiger partial charge in [0.1, 0.15) is 11.9 Å². The van der Waals surface area contributed by atoms with Gasteiger partial charge in [-0.3, -0.25) is 0 Å². The van der Waals surface area contributed by atoms with Gasteiger partial charge in [-0.1, -0.05) is 6.92 Å². The van der Waals surface area contributed by atoms with E-state index < -0.39 is 0 Å². The molecule has 1 aliphatic rings. The van der Waals surface area contributed by atoms with Crippen molar-refractivity contribution in [3.8, 4) is 5.75 Å². The summed E-state index contributed by atoms with van der Waals surface area (Å²) in [5.74, 6) is 0.700. The lowest BCUT2D eigenvalue weighted by molar-refractivity contribution is 0.0600. The van der Waals surface area contributed by atoms with Crippen LogP contribution in [-0.2, 0) is 4.74 Å². The first kappa shape index (κ1) is 11.0. The van der Waals surface area contributed by atoms with Crippen LogP contribution in [0.1, 0.15) is 28.8 Å². The molecule has 0 fully saturated rings. The van der Waals surface area contributed by atoms with Crippen molar-refractivity contribution in [1.29, 1.82) is 0 Å². The highest BCUT2D eigenvalue weighted by Gasteiger charge is 2.30. The Bertz CT molecular complexity index is 417. The maximum Gasteiger partial charge on any atom is 0.337 e. The second kappa shape index (κ2) is 4.14. The zero-order chi connectivity index (χ0) is 11.7. The minimum atomic E-state index is -0.328. The molecule has 0 aliphatic carbocycles. The summed E-state index contributed by atoms with van der Waals surface area (Å²) in [6, 6.07) is 5.32. The maximum atomic E-state index is 11.4. The smallest absolute Gasteiger partial charge is 0.337 e. The SMILES string of the molecule is COC(=O)c1ccc2c(c1)[C@H](C)[C@H](CN)O2. The average molecular weight is 221 g/mol. The number of hydrogen-bond acceptors (Lipinski definition) is 4. The summed E-state index contributed by atoms with van der Waals surface area (Å²) in [4.78, 5) is 11.4. The van der Waals surface area contributed by atoms with Gasteiger partial charge in [-0.05, 0) is 18.2 Å². The number of carbonyl (C=O) groups is 1. The summed E-state index contributed by atoms with van der Waals surface area (Å²) >= 11 is 0. The third-order valence-electron chi connectivity index (χ3n) is 2.99. The Morgan fingerprint density at radius 1 is 1.56 bits per heavy atom. The van der Waals surface area contributed by atoms with Gasteiger partial charge in [-0.2, -0.15) is 0 Å². The molecule has 0 spiro atoms. The van der Waals surface area contributed by atoms with E-state index in [0.29, 0.717) is 12.1 Å². The predicted molar refractivity (Wildman–Crippen MR) is 59.7 cm³/mol. The first-order chi connectivity index (χ1) is 7.67. The van der Waals surface area contributed by atoms with Crippen molar-refractivity contribution in [3.05, 3.63) is 29.3 Å². The third-order valence-corrected chi connectivity index (χ3v) is 2.99. The third kappa shape index (κ3) is 1.65. The summed E-state index contributed by atoms with van der Waals surface area (Å²) in [5.41, 5.74) is 7.19. The van der Waals surface area contributed by atoms with E-state index in [0.717, 1.165) is 11.3 Å². The monoisotopic (exact) mass is 221 g/mol. The Kier molecular flexibility index (Phi) is 2.83. The fourth-order valence-electron chi connectivity index (χ4n) is 1.97. The highest BCUT2D eigenvalue weighted by molar-refractivity contribution is 5.89. The molecule has 0 unspecified atom stereocenters. The van der Waals surface area contributed by atoms with Crippen LogP contribution >= 0.6 is 0 Å². The van der Waals surface area contributed by atoms with Gasteiger partial charge >= 0.3 is 5.97 Å². The summed E-state index contributed by atoms with van der Waals surface area (Å²) in [5, 5.41) is 0. The molecule has 86 valence electrons. The quantitative estimate of drug-likeness (QED) is 0.764. The zero-order valence-electron chi connectivity index (χ0n) is 9.40. The largest absolute Gasteiger partial charge is 0.488 e. The highest BCUT2D eigenvalue weighted by Crippen LogP contribution is 2.38. The topological polar surface area (TPSA) is 61.5 Å². The Balaban J connectivity index is 2.35. The molecule has 1 aromatic rings. The number of carbonyl (C=O) groups excluding carboxylic acids is 1. The van der Waals surface area contributed by atoms with Gasteiger partial charge in [0.25, 0.3) is 0 Å². The molecule has 4 heteroatoms. The van der Waals surface area contributed by atoms with Crippen molar-refractivity contribution < 1.29 is 14.3 Å². The van der Waals surface area contributed by atoms with Gasteiger partial charge in [0.2, 0.25) is 0 Å². The maximum absolute atomic E-state index is 11.4. The molecule has 2 atom stereocenters. The number of nitrogens with two attached hydrogens (primary N) is 1. The Labute approximate surface area is 94.3 Å². The number of methoxy groups -OCH3 is 1. The number of fused-ring (bicyclic) bond motifs is 1. The van der Waals surface area contributed by atoms with Gasteiger partial charge in [0, 0.05) is 18.0 Å². The van der Waals surface area contributed by atoms with Gasteiger partial charge < -0.3 is 15.2 Å².